The molecule has 116 valence electrons. The first kappa shape index (κ1) is 15.8. The zero-order chi connectivity index (χ0) is 15.4. The zero-order valence-corrected chi connectivity index (χ0v) is 13.6. The molecule has 0 bridgehead atoms. The smallest absolute Gasteiger partial charge is 0.239 e. The van der Waals surface area contributed by atoms with Crippen molar-refractivity contribution in [1.29, 1.82) is 0 Å². The van der Waals surface area contributed by atoms with E-state index in [1.165, 1.54) is 24.0 Å². The Hall–Kier alpha value is -1.55. The van der Waals surface area contributed by atoms with Crippen LogP contribution in [-0.2, 0) is 11.3 Å². The Balaban J connectivity index is 1.93. The second-order valence-corrected chi connectivity index (χ2v) is 6.35. The topological polar surface area (TPSA) is 44.4 Å². The molecule has 0 radical (unpaired) electrons. The van der Waals surface area contributed by atoms with E-state index in [9.17, 15) is 4.79 Å². The zero-order valence-electron chi connectivity index (χ0n) is 13.6. The van der Waals surface area contributed by atoms with Crippen molar-refractivity contribution < 1.29 is 4.79 Å². The van der Waals surface area contributed by atoms with E-state index in [0.29, 0.717) is 6.54 Å². The number of nitrogens with one attached hydrogen (secondary N) is 2. The highest BCUT2D eigenvalue weighted by Gasteiger charge is 2.20. The van der Waals surface area contributed by atoms with Gasteiger partial charge in [0.2, 0.25) is 5.91 Å². The highest BCUT2D eigenvalue weighted by molar-refractivity contribution is 5.81. The minimum Gasteiger partial charge on any atom is -0.365 e. The Bertz CT molecular complexity index is 495. The van der Waals surface area contributed by atoms with E-state index in [1.807, 2.05) is 25.8 Å². The molecule has 1 saturated carbocycles. The van der Waals surface area contributed by atoms with Gasteiger partial charge < -0.3 is 15.5 Å². The second kappa shape index (κ2) is 6.94. The van der Waals surface area contributed by atoms with Crippen LogP contribution in [0.25, 0.3) is 0 Å². The monoisotopic (exact) mass is 289 g/mol. The summed E-state index contributed by atoms with van der Waals surface area (Å²) in [5.74, 6) is 0.0615. The van der Waals surface area contributed by atoms with Gasteiger partial charge in [-0.15, -0.1) is 0 Å². The van der Waals surface area contributed by atoms with Crippen LogP contribution in [0.4, 0.5) is 5.69 Å². The highest BCUT2D eigenvalue weighted by Crippen LogP contribution is 2.22. The molecule has 4 heteroatoms. The summed E-state index contributed by atoms with van der Waals surface area (Å²) in [5, 5.41) is 6.45. The number of rotatable bonds is 7. The van der Waals surface area contributed by atoms with E-state index in [4.69, 9.17) is 0 Å². The molecule has 1 aliphatic rings. The van der Waals surface area contributed by atoms with Crippen LogP contribution in [-0.4, -0.2) is 31.6 Å². The van der Waals surface area contributed by atoms with Gasteiger partial charge in [0.1, 0.15) is 0 Å². The third-order valence-corrected chi connectivity index (χ3v) is 3.68. The maximum atomic E-state index is 11.8. The van der Waals surface area contributed by atoms with Gasteiger partial charge in [-0.2, -0.15) is 0 Å². The van der Waals surface area contributed by atoms with Crippen molar-refractivity contribution in [3.63, 3.8) is 0 Å². The van der Waals surface area contributed by atoms with Crippen LogP contribution in [0.15, 0.2) is 18.2 Å². The van der Waals surface area contributed by atoms with Gasteiger partial charge in [0.15, 0.2) is 0 Å². The molecule has 1 aromatic rings. The minimum atomic E-state index is 0.0615. The Kier molecular flexibility index (Phi) is 5.23. The first-order valence-corrected chi connectivity index (χ1v) is 7.79. The van der Waals surface area contributed by atoms with Crippen LogP contribution in [0.1, 0.15) is 37.8 Å². The molecule has 1 aromatic carbocycles. The summed E-state index contributed by atoms with van der Waals surface area (Å²) in [6, 6.07) is 7.38. The third kappa shape index (κ3) is 5.05. The van der Waals surface area contributed by atoms with Crippen molar-refractivity contribution in [2.24, 2.45) is 0 Å². The van der Waals surface area contributed by atoms with Crippen molar-refractivity contribution in [3.8, 4) is 0 Å². The number of carbonyl (C=O) groups excluding carboxylic acids is 1. The van der Waals surface area contributed by atoms with Crippen LogP contribution >= 0.6 is 0 Å². The van der Waals surface area contributed by atoms with E-state index in [-0.39, 0.29) is 11.9 Å². The van der Waals surface area contributed by atoms with Gasteiger partial charge in [-0.25, -0.2) is 0 Å². The summed E-state index contributed by atoms with van der Waals surface area (Å²) < 4.78 is 0. The van der Waals surface area contributed by atoms with Crippen LogP contribution in [0.3, 0.4) is 0 Å². The van der Waals surface area contributed by atoms with Crippen molar-refractivity contribution in [2.75, 3.05) is 18.5 Å². The average Bonchev–Trinajstić information content (AvgIpc) is 3.19. The molecule has 0 heterocycles. The van der Waals surface area contributed by atoms with E-state index in [1.54, 1.807) is 0 Å². The van der Waals surface area contributed by atoms with Crippen molar-refractivity contribution in [1.82, 2.24) is 10.6 Å². The number of hydrogen-bond donors (Lipinski definition) is 2. The molecule has 2 rings (SSSR count). The normalized spacial score (nSPS) is 14.3. The molecule has 0 saturated heterocycles. The molecule has 0 aliphatic heterocycles. The quantitative estimate of drug-likeness (QED) is 0.809. The molecule has 1 fully saturated rings. The van der Waals surface area contributed by atoms with Crippen molar-refractivity contribution in [3.05, 3.63) is 29.3 Å². The number of anilines is 1. The van der Waals surface area contributed by atoms with E-state index in [0.717, 1.165) is 18.3 Å². The number of hydrogen-bond acceptors (Lipinski definition) is 3. The SMILES string of the molecule is Cc1cc(CNC2CC2)ccc1N(C)CC(=O)NC(C)C. The molecule has 1 amide bonds. The Morgan fingerprint density at radius 2 is 2.10 bits per heavy atom. The first-order valence-electron chi connectivity index (χ1n) is 7.79. The molecular formula is C17H27N3O. The summed E-state index contributed by atoms with van der Waals surface area (Å²) in [4.78, 5) is 13.8. The number of nitrogens with zero attached hydrogens (tertiary/aromatic N) is 1. The van der Waals surface area contributed by atoms with Gasteiger partial charge >= 0.3 is 0 Å². The van der Waals surface area contributed by atoms with Gasteiger partial charge in [0, 0.05) is 31.4 Å². The predicted molar refractivity (Wildman–Crippen MR) is 87.6 cm³/mol. The molecule has 0 unspecified atom stereocenters. The second-order valence-electron chi connectivity index (χ2n) is 6.35. The number of aryl methyl sites for hydroxylation is 1. The minimum absolute atomic E-state index is 0.0615. The maximum absolute atomic E-state index is 11.8. The number of likely N-dealkylation sites (N-methyl/N-ethyl adjacent to an activating group) is 1. The highest BCUT2D eigenvalue weighted by atomic mass is 16.2. The molecule has 0 spiro atoms. The molecule has 0 atom stereocenters. The average molecular weight is 289 g/mol. The van der Waals surface area contributed by atoms with Crippen molar-refractivity contribution in [2.45, 2.75) is 52.2 Å². The standard InChI is InChI=1S/C17H27N3O/c1-12(2)19-17(21)11-20(4)16-8-5-14(9-13(16)3)10-18-15-6-7-15/h5,8-9,12,15,18H,6-7,10-11H2,1-4H3,(H,19,21). The van der Waals surface area contributed by atoms with Gasteiger partial charge in [0.25, 0.3) is 0 Å². The van der Waals surface area contributed by atoms with Gasteiger partial charge in [-0.05, 0) is 50.8 Å². The molecule has 21 heavy (non-hydrogen) atoms. The van der Waals surface area contributed by atoms with Crippen LogP contribution in [0, 0.1) is 6.92 Å². The largest absolute Gasteiger partial charge is 0.365 e. The fourth-order valence-corrected chi connectivity index (χ4v) is 2.47. The predicted octanol–water partition coefficient (Wildman–Crippen LogP) is 2.21. The lowest BCUT2D eigenvalue weighted by molar-refractivity contribution is -0.120. The van der Waals surface area contributed by atoms with E-state index < -0.39 is 0 Å². The van der Waals surface area contributed by atoms with Gasteiger partial charge in [-0.1, -0.05) is 12.1 Å². The van der Waals surface area contributed by atoms with Crippen LogP contribution in [0.5, 0.6) is 0 Å². The summed E-state index contributed by atoms with van der Waals surface area (Å²) in [6.45, 7) is 7.38. The molecule has 1 aliphatic carbocycles. The summed E-state index contributed by atoms with van der Waals surface area (Å²) >= 11 is 0. The van der Waals surface area contributed by atoms with E-state index in [2.05, 4.69) is 35.8 Å². The first-order chi connectivity index (χ1) is 9.95. The molecule has 0 aromatic heterocycles. The lowest BCUT2D eigenvalue weighted by Crippen LogP contribution is -2.38. The Labute approximate surface area is 127 Å². The number of carbonyl (C=O) groups is 1. The van der Waals surface area contributed by atoms with Crippen LogP contribution in [0.2, 0.25) is 0 Å². The van der Waals surface area contributed by atoms with Crippen molar-refractivity contribution >= 4 is 11.6 Å². The lowest BCUT2D eigenvalue weighted by atomic mass is 10.1. The van der Waals surface area contributed by atoms with Crippen LogP contribution < -0.4 is 15.5 Å². The lowest BCUT2D eigenvalue weighted by Gasteiger charge is -2.22. The summed E-state index contributed by atoms with van der Waals surface area (Å²) in [6.07, 6.45) is 2.62. The number of amides is 1. The fraction of sp³-hybridized carbons (Fsp3) is 0.588. The fourth-order valence-electron chi connectivity index (χ4n) is 2.47. The maximum Gasteiger partial charge on any atom is 0.239 e. The summed E-state index contributed by atoms with van der Waals surface area (Å²) in [5.41, 5.74) is 3.64. The van der Waals surface area contributed by atoms with Gasteiger partial charge in [-0.3, -0.25) is 4.79 Å². The molecular weight excluding hydrogens is 262 g/mol. The summed E-state index contributed by atoms with van der Waals surface area (Å²) in [7, 11) is 1.96. The van der Waals surface area contributed by atoms with Gasteiger partial charge in [0.05, 0.1) is 6.54 Å². The Morgan fingerprint density at radius 1 is 1.38 bits per heavy atom. The van der Waals surface area contributed by atoms with E-state index >= 15 is 0 Å². The third-order valence-electron chi connectivity index (χ3n) is 3.68. The Morgan fingerprint density at radius 3 is 2.67 bits per heavy atom. The number of benzene rings is 1. The molecule has 4 nitrogen and oxygen atoms in total. The molecule has 2 N–H and O–H groups in total.